The molecule has 0 saturated heterocycles. The Bertz CT molecular complexity index is 1270. The van der Waals surface area contributed by atoms with Crippen LogP contribution >= 0.6 is 0 Å². The molecule has 1 aliphatic heterocycles. The highest BCUT2D eigenvalue weighted by Crippen LogP contribution is 2.68. The number of benzene rings is 1. The van der Waals surface area contributed by atoms with E-state index < -0.39 is 42.2 Å². The van der Waals surface area contributed by atoms with Crippen LogP contribution in [0, 0.1) is 34.0 Å². The smallest absolute Gasteiger partial charge is 0.482 e. The van der Waals surface area contributed by atoms with E-state index in [-0.39, 0.29) is 48.0 Å². The van der Waals surface area contributed by atoms with Gasteiger partial charge in [0.15, 0.2) is 6.61 Å². The molecule has 3 fully saturated rings. The Balaban J connectivity index is 1.36. The summed E-state index contributed by atoms with van der Waals surface area (Å²) in [6.07, 6.45) is 3.29. The standard InChI is InChI=1S/C32H44BNO8/c1-7-30(5)15-26(31(6)18(2)10-12-32(19(3)29(30)38)13-11-24(36)28(31)32)41-27(37)17-40-21-8-9-22-23(14-21)33(39)42-25(22)16-34-20(4)35/h7-9,14,18-19,25-26,28-29,38-39H,1,10-13,15-17H2,2-6H3,(H,34,35)/t18-,19-,25?,26+,28-,29-,30+,31-,32-/m0/s1. The quantitative estimate of drug-likeness (QED) is 0.255. The molecule has 1 aromatic carbocycles. The first-order valence-corrected chi connectivity index (χ1v) is 15.1. The summed E-state index contributed by atoms with van der Waals surface area (Å²) in [5.41, 5.74) is -0.397. The lowest BCUT2D eigenvalue weighted by Gasteiger charge is -2.61. The zero-order chi connectivity index (χ0) is 30.6. The van der Waals surface area contributed by atoms with Gasteiger partial charge in [0.25, 0.3) is 0 Å². The van der Waals surface area contributed by atoms with E-state index >= 15 is 0 Å². The molecule has 1 aromatic rings. The summed E-state index contributed by atoms with van der Waals surface area (Å²) < 4.78 is 17.6. The van der Waals surface area contributed by atoms with Gasteiger partial charge in [-0.25, -0.2) is 4.79 Å². The molecule has 42 heavy (non-hydrogen) atoms. The van der Waals surface area contributed by atoms with Crippen LogP contribution in [0.15, 0.2) is 30.9 Å². The number of carbonyl (C=O) groups is 3. The number of carbonyl (C=O) groups excluding carboxylic acids is 3. The van der Waals surface area contributed by atoms with Crippen LogP contribution in [0.4, 0.5) is 0 Å². The van der Waals surface area contributed by atoms with Gasteiger partial charge in [-0.2, -0.15) is 0 Å². The maximum atomic E-state index is 13.6. The van der Waals surface area contributed by atoms with Crippen molar-refractivity contribution < 1.29 is 38.6 Å². The molecule has 0 radical (unpaired) electrons. The van der Waals surface area contributed by atoms with Crippen LogP contribution < -0.4 is 15.5 Å². The molecule has 0 aromatic heterocycles. The summed E-state index contributed by atoms with van der Waals surface area (Å²) in [5, 5.41) is 24.8. The van der Waals surface area contributed by atoms with E-state index in [1.807, 2.05) is 6.92 Å². The van der Waals surface area contributed by atoms with E-state index in [0.717, 1.165) is 24.8 Å². The highest BCUT2D eigenvalue weighted by molar-refractivity contribution is 6.61. The Labute approximate surface area is 248 Å². The topological polar surface area (TPSA) is 131 Å². The van der Waals surface area contributed by atoms with Gasteiger partial charge in [0, 0.05) is 36.6 Å². The maximum absolute atomic E-state index is 13.6. The first kappa shape index (κ1) is 30.8. The van der Waals surface area contributed by atoms with Crippen LogP contribution in [0.2, 0.25) is 0 Å². The van der Waals surface area contributed by atoms with Crippen molar-refractivity contribution in [3.63, 3.8) is 0 Å². The number of amides is 1. The largest absolute Gasteiger partial charge is 0.492 e. The van der Waals surface area contributed by atoms with E-state index in [4.69, 9.17) is 14.1 Å². The summed E-state index contributed by atoms with van der Waals surface area (Å²) in [7, 11) is -1.17. The number of rotatable bonds is 7. The van der Waals surface area contributed by atoms with Crippen molar-refractivity contribution in [3.05, 3.63) is 36.4 Å². The molecular weight excluding hydrogens is 537 g/mol. The Morgan fingerprint density at radius 3 is 2.69 bits per heavy atom. The first-order chi connectivity index (χ1) is 19.8. The Morgan fingerprint density at radius 1 is 1.26 bits per heavy atom. The monoisotopic (exact) mass is 581 g/mol. The lowest BCUT2D eigenvalue weighted by atomic mass is 9.44. The highest BCUT2D eigenvalue weighted by Gasteiger charge is 2.68. The Morgan fingerprint density at radius 2 is 2.00 bits per heavy atom. The van der Waals surface area contributed by atoms with E-state index in [1.165, 1.54) is 6.92 Å². The summed E-state index contributed by atoms with van der Waals surface area (Å²) in [6, 6.07) is 5.06. The van der Waals surface area contributed by atoms with Crippen molar-refractivity contribution in [2.45, 2.75) is 85.0 Å². The molecule has 3 aliphatic carbocycles. The molecule has 5 rings (SSSR count). The van der Waals surface area contributed by atoms with Gasteiger partial charge in [-0.05, 0) is 66.1 Å². The molecule has 4 aliphatic rings. The molecule has 3 N–H and O–H groups in total. The minimum absolute atomic E-state index is 0.0965. The van der Waals surface area contributed by atoms with E-state index in [9.17, 15) is 24.5 Å². The number of Topliss-reactive ketones (excluding diaryl/α,β-unsaturated/α-hetero) is 1. The number of nitrogens with one attached hydrogen (secondary N) is 1. The zero-order valence-corrected chi connectivity index (χ0v) is 25.4. The van der Waals surface area contributed by atoms with Crippen LogP contribution in [-0.4, -0.2) is 60.3 Å². The average molecular weight is 582 g/mol. The van der Waals surface area contributed by atoms with Crippen LogP contribution in [0.25, 0.3) is 0 Å². The second kappa shape index (κ2) is 11.1. The number of ether oxygens (including phenoxy) is 2. The van der Waals surface area contributed by atoms with Gasteiger partial charge >= 0.3 is 13.1 Å². The van der Waals surface area contributed by atoms with E-state index in [2.05, 4.69) is 32.7 Å². The van der Waals surface area contributed by atoms with Gasteiger partial charge in [-0.1, -0.05) is 39.8 Å². The molecule has 0 spiro atoms. The van der Waals surface area contributed by atoms with Crippen LogP contribution in [0.3, 0.4) is 0 Å². The van der Waals surface area contributed by atoms with Crippen LogP contribution in [0.5, 0.6) is 5.75 Å². The number of aliphatic hydroxyl groups is 1. The lowest BCUT2D eigenvalue weighted by molar-refractivity contribution is -0.207. The van der Waals surface area contributed by atoms with E-state index in [0.29, 0.717) is 24.1 Å². The number of hydrogen-bond acceptors (Lipinski definition) is 8. The summed E-state index contributed by atoms with van der Waals surface area (Å²) in [4.78, 5) is 38.2. The van der Waals surface area contributed by atoms with Crippen LogP contribution in [-0.2, 0) is 23.8 Å². The molecule has 1 heterocycles. The molecule has 2 bridgehead atoms. The molecule has 1 amide bonds. The summed E-state index contributed by atoms with van der Waals surface area (Å²) in [5.74, 6) is -0.439. The number of hydrogen-bond donors (Lipinski definition) is 3. The lowest BCUT2D eigenvalue weighted by Crippen LogP contribution is -2.63. The summed E-state index contributed by atoms with van der Waals surface area (Å²) in [6.45, 7) is 13.6. The van der Waals surface area contributed by atoms with Crippen molar-refractivity contribution in [2.75, 3.05) is 13.2 Å². The first-order valence-electron chi connectivity index (χ1n) is 15.1. The molecule has 1 unspecified atom stereocenters. The maximum Gasteiger partial charge on any atom is 0.492 e. The molecule has 9 atom stereocenters. The van der Waals surface area contributed by atoms with Gasteiger partial charge in [0.1, 0.15) is 17.6 Å². The second-order valence-corrected chi connectivity index (χ2v) is 13.6. The van der Waals surface area contributed by atoms with Gasteiger partial charge in [-0.15, -0.1) is 6.58 Å². The third-order valence-corrected chi connectivity index (χ3v) is 11.4. The SMILES string of the molecule is C=C[C@]1(C)C[C@@H](OC(=O)COc2ccc3c(c2)B(O)OC3CNC(C)=O)[C@@]2(C)[C@@H]3C(=O)CC[C@@]3(CC[C@@H]2C)[C@@H](C)[C@@H]1O. The molecule has 3 saturated carbocycles. The summed E-state index contributed by atoms with van der Waals surface area (Å²) >= 11 is 0. The van der Waals surface area contributed by atoms with Crippen molar-refractivity contribution in [1.29, 1.82) is 0 Å². The van der Waals surface area contributed by atoms with Gasteiger partial charge in [-0.3, -0.25) is 9.59 Å². The number of aliphatic hydroxyl groups excluding tert-OH is 1. The molecular formula is C32H44BNO8. The Hall–Kier alpha value is -2.69. The van der Waals surface area contributed by atoms with Crippen molar-refractivity contribution in [1.82, 2.24) is 5.32 Å². The van der Waals surface area contributed by atoms with Gasteiger partial charge < -0.3 is 29.6 Å². The van der Waals surface area contributed by atoms with Crippen molar-refractivity contribution in [3.8, 4) is 5.75 Å². The van der Waals surface area contributed by atoms with Crippen LogP contribution in [0.1, 0.15) is 78.4 Å². The normalized spacial score (nSPS) is 39.0. The fourth-order valence-electron chi connectivity index (χ4n) is 8.68. The third kappa shape index (κ3) is 4.89. The fourth-order valence-corrected chi connectivity index (χ4v) is 8.68. The zero-order valence-electron chi connectivity index (χ0n) is 25.4. The predicted octanol–water partition coefficient (Wildman–Crippen LogP) is 2.87. The number of fused-ring (bicyclic) bond motifs is 1. The minimum Gasteiger partial charge on any atom is -0.482 e. The van der Waals surface area contributed by atoms with Gasteiger partial charge in [0.05, 0.1) is 12.2 Å². The highest BCUT2D eigenvalue weighted by atomic mass is 16.6. The molecule has 10 heteroatoms. The van der Waals surface area contributed by atoms with Crippen molar-refractivity contribution in [2.24, 2.45) is 34.0 Å². The van der Waals surface area contributed by atoms with Crippen molar-refractivity contribution >= 4 is 30.2 Å². The average Bonchev–Trinajstić information content (AvgIpc) is 3.48. The van der Waals surface area contributed by atoms with Gasteiger partial charge in [0.2, 0.25) is 5.91 Å². The predicted molar refractivity (Wildman–Crippen MR) is 157 cm³/mol. The second-order valence-electron chi connectivity index (χ2n) is 13.6. The fraction of sp³-hybridized carbons (Fsp3) is 0.656. The Kier molecular flexibility index (Phi) is 8.13. The number of esters is 1. The minimum atomic E-state index is -1.17. The molecule has 9 nitrogen and oxygen atoms in total. The third-order valence-electron chi connectivity index (χ3n) is 11.4. The molecule has 228 valence electrons. The van der Waals surface area contributed by atoms with E-state index in [1.54, 1.807) is 24.3 Å². The number of ketones is 1.